The summed E-state index contributed by atoms with van der Waals surface area (Å²) in [4.78, 5) is 2.70. The summed E-state index contributed by atoms with van der Waals surface area (Å²) in [6, 6.07) is 0. The van der Waals surface area contributed by atoms with Crippen LogP contribution in [0.25, 0.3) is 0 Å². The van der Waals surface area contributed by atoms with Gasteiger partial charge in [-0.2, -0.15) is 0 Å². The molecule has 0 radical (unpaired) electrons. The lowest BCUT2D eigenvalue weighted by molar-refractivity contribution is 0.104. The summed E-state index contributed by atoms with van der Waals surface area (Å²) in [5.74, 6) is 1.96. The van der Waals surface area contributed by atoms with Crippen molar-refractivity contribution in [2.45, 2.75) is 58.8 Å². The minimum atomic E-state index is 0.921. The van der Waals surface area contributed by atoms with Gasteiger partial charge in [-0.05, 0) is 50.6 Å². The van der Waals surface area contributed by atoms with Crippen molar-refractivity contribution >= 4 is 0 Å². The number of ether oxygens (including phenoxy) is 1. The molecule has 2 nitrogen and oxygen atoms in total. The Morgan fingerprint density at radius 3 is 2.61 bits per heavy atom. The van der Waals surface area contributed by atoms with E-state index in [0.717, 1.165) is 18.4 Å². The average Bonchev–Trinajstić information content (AvgIpc) is 2.41. The molecule has 0 N–H and O–H groups in total. The Hall–Kier alpha value is -0.0800. The summed E-state index contributed by atoms with van der Waals surface area (Å²) < 4.78 is 5.12. The van der Waals surface area contributed by atoms with E-state index in [1.165, 1.54) is 64.6 Å². The molecular weight excluding hydrogens is 222 g/mol. The Bertz CT molecular complexity index is 196. The molecule has 0 saturated carbocycles. The fourth-order valence-electron chi connectivity index (χ4n) is 3.27. The van der Waals surface area contributed by atoms with Crippen molar-refractivity contribution in [2.24, 2.45) is 11.8 Å². The number of nitrogens with zero attached hydrogens (tertiary/aromatic N) is 1. The van der Waals surface area contributed by atoms with Gasteiger partial charge in [0.25, 0.3) is 0 Å². The summed E-state index contributed by atoms with van der Waals surface area (Å²) in [5, 5.41) is 0. The molecule has 1 heterocycles. The van der Waals surface area contributed by atoms with E-state index >= 15 is 0 Å². The van der Waals surface area contributed by atoms with Gasteiger partial charge >= 0.3 is 0 Å². The van der Waals surface area contributed by atoms with Crippen LogP contribution in [0, 0.1) is 11.8 Å². The zero-order valence-electron chi connectivity index (χ0n) is 12.8. The molecular formula is C16H33NO. The van der Waals surface area contributed by atoms with Gasteiger partial charge in [-0.15, -0.1) is 0 Å². The van der Waals surface area contributed by atoms with Crippen LogP contribution in [0.3, 0.4) is 0 Å². The Balaban J connectivity index is 2.26. The molecule has 1 aliphatic heterocycles. The van der Waals surface area contributed by atoms with Gasteiger partial charge in [-0.1, -0.05) is 33.1 Å². The molecule has 1 fully saturated rings. The molecule has 0 spiro atoms. The standard InChI is InChI=1S/C16H33NO/c1-4-6-9-16-14-17(11-7-8-13-18-3)12-10-15(16)5-2/h15-16H,4-14H2,1-3H3/t15-,16-/m1/s1. The van der Waals surface area contributed by atoms with Crippen molar-refractivity contribution in [2.75, 3.05) is 33.4 Å². The summed E-state index contributed by atoms with van der Waals surface area (Å²) >= 11 is 0. The highest BCUT2D eigenvalue weighted by molar-refractivity contribution is 4.79. The number of likely N-dealkylation sites (tertiary alicyclic amines) is 1. The molecule has 0 aromatic carbocycles. The van der Waals surface area contributed by atoms with Crippen molar-refractivity contribution in [1.82, 2.24) is 4.90 Å². The van der Waals surface area contributed by atoms with Gasteiger partial charge < -0.3 is 9.64 Å². The van der Waals surface area contributed by atoms with Crippen molar-refractivity contribution < 1.29 is 4.74 Å². The highest BCUT2D eigenvalue weighted by atomic mass is 16.5. The third kappa shape index (κ3) is 5.71. The van der Waals surface area contributed by atoms with E-state index in [1.807, 2.05) is 0 Å². The maximum atomic E-state index is 5.12. The van der Waals surface area contributed by atoms with Crippen LogP contribution in [0.1, 0.15) is 58.8 Å². The van der Waals surface area contributed by atoms with E-state index in [0.29, 0.717) is 0 Å². The van der Waals surface area contributed by atoms with Crippen molar-refractivity contribution in [1.29, 1.82) is 0 Å². The smallest absolute Gasteiger partial charge is 0.0462 e. The number of hydrogen-bond acceptors (Lipinski definition) is 2. The number of piperidine rings is 1. The summed E-state index contributed by atoms with van der Waals surface area (Å²) in [7, 11) is 1.80. The first kappa shape index (κ1) is 16.0. The van der Waals surface area contributed by atoms with Crippen LogP contribution in [-0.4, -0.2) is 38.3 Å². The zero-order chi connectivity index (χ0) is 13.2. The van der Waals surface area contributed by atoms with Crippen LogP contribution in [0.15, 0.2) is 0 Å². The fourth-order valence-corrected chi connectivity index (χ4v) is 3.27. The van der Waals surface area contributed by atoms with Crippen molar-refractivity contribution in [3.63, 3.8) is 0 Å². The Morgan fingerprint density at radius 1 is 1.11 bits per heavy atom. The van der Waals surface area contributed by atoms with Crippen LogP contribution in [0.2, 0.25) is 0 Å². The third-order valence-corrected chi connectivity index (χ3v) is 4.50. The Labute approximate surface area is 114 Å². The van der Waals surface area contributed by atoms with E-state index in [-0.39, 0.29) is 0 Å². The molecule has 0 amide bonds. The molecule has 0 aromatic rings. The second-order valence-electron chi connectivity index (χ2n) is 5.86. The molecule has 1 saturated heterocycles. The molecule has 1 rings (SSSR count). The maximum Gasteiger partial charge on any atom is 0.0462 e. The fraction of sp³-hybridized carbons (Fsp3) is 1.00. The van der Waals surface area contributed by atoms with Crippen LogP contribution in [-0.2, 0) is 4.74 Å². The number of rotatable bonds is 9. The van der Waals surface area contributed by atoms with Gasteiger partial charge in [0.2, 0.25) is 0 Å². The highest BCUT2D eigenvalue weighted by Gasteiger charge is 2.26. The van der Waals surface area contributed by atoms with Gasteiger partial charge in [-0.3, -0.25) is 0 Å². The predicted octanol–water partition coefficient (Wildman–Crippen LogP) is 3.95. The third-order valence-electron chi connectivity index (χ3n) is 4.50. The number of hydrogen-bond donors (Lipinski definition) is 0. The van der Waals surface area contributed by atoms with E-state index in [2.05, 4.69) is 18.7 Å². The van der Waals surface area contributed by atoms with Gasteiger partial charge in [0.05, 0.1) is 0 Å². The van der Waals surface area contributed by atoms with E-state index in [9.17, 15) is 0 Å². The summed E-state index contributed by atoms with van der Waals surface area (Å²) in [5.41, 5.74) is 0. The van der Waals surface area contributed by atoms with Gasteiger partial charge in [0.15, 0.2) is 0 Å². The minimum absolute atomic E-state index is 0.921. The van der Waals surface area contributed by atoms with Gasteiger partial charge in [0.1, 0.15) is 0 Å². The van der Waals surface area contributed by atoms with Crippen molar-refractivity contribution in [3.05, 3.63) is 0 Å². The summed E-state index contributed by atoms with van der Waals surface area (Å²) in [6.45, 7) is 9.57. The maximum absolute atomic E-state index is 5.12. The van der Waals surface area contributed by atoms with E-state index in [1.54, 1.807) is 7.11 Å². The SMILES string of the molecule is CCCC[C@@H]1CN(CCCCOC)CC[C@H]1CC. The molecule has 2 atom stereocenters. The molecule has 18 heavy (non-hydrogen) atoms. The number of methoxy groups -OCH3 is 1. The first-order chi connectivity index (χ1) is 8.81. The van der Waals surface area contributed by atoms with Crippen LogP contribution in [0.4, 0.5) is 0 Å². The Kier molecular flexibility index (Phi) is 8.70. The van der Waals surface area contributed by atoms with E-state index in [4.69, 9.17) is 4.74 Å². The lowest BCUT2D eigenvalue weighted by Crippen LogP contribution is -2.40. The second-order valence-corrected chi connectivity index (χ2v) is 5.86. The quantitative estimate of drug-likeness (QED) is 0.578. The van der Waals surface area contributed by atoms with Crippen molar-refractivity contribution in [3.8, 4) is 0 Å². The highest BCUT2D eigenvalue weighted by Crippen LogP contribution is 2.30. The van der Waals surface area contributed by atoms with Crippen LogP contribution < -0.4 is 0 Å². The van der Waals surface area contributed by atoms with Gasteiger partial charge in [-0.25, -0.2) is 0 Å². The normalized spacial score (nSPS) is 25.5. The summed E-state index contributed by atoms with van der Waals surface area (Å²) in [6.07, 6.45) is 9.53. The average molecular weight is 255 g/mol. The second kappa shape index (κ2) is 9.80. The van der Waals surface area contributed by atoms with E-state index < -0.39 is 0 Å². The first-order valence-electron chi connectivity index (χ1n) is 8.03. The zero-order valence-corrected chi connectivity index (χ0v) is 12.8. The largest absolute Gasteiger partial charge is 0.385 e. The molecule has 2 heteroatoms. The number of unbranched alkanes of at least 4 members (excludes halogenated alkanes) is 2. The molecule has 1 aliphatic rings. The molecule has 0 aromatic heterocycles. The molecule has 0 aliphatic carbocycles. The monoisotopic (exact) mass is 255 g/mol. The van der Waals surface area contributed by atoms with Gasteiger partial charge in [0, 0.05) is 20.3 Å². The first-order valence-corrected chi connectivity index (χ1v) is 8.03. The lowest BCUT2D eigenvalue weighted by Gasteiger charge is -2.38. The lowest BCUT2D eigenvalue weighted by atomic mass is 9.80. The predicted molar refractivity (Wildman–Crippen MR) is 79.0 cm³/mol. The molecule has 0 unspecified atom stereocenters. The minimum Gasteiger partial charge on any atom is -0.385 e. The topological polar surface area (TPSA) is 12.5 Å². The molecule has 0 bridgehead atoms. The van der Waals surface area contributed by atoms with Crippen LogP contribution >= 0.6 is 0 Å². The molecule has 108 valence electrons. The Morgan fingerprint density at radius 2 is 1.94 bits per heavy atom. The van der Waals surface area contributed by atoms with Crippen LogP contribution in [0.5, 0.6) is 0 Å².